The fourth-order valence-electron chi connectivity index (χ4n) is 2.25. The first-order chi connectivity index (χ1) is 12.1. The second-order valence-corrected chi connectivity index (χ2v) is 5.90. The van der Waals surface area contributed by atoms with Crippen LogP contribution in [0.2, 0.25) is 0 Å². The van der Waals surface area contributed by atoms with Crippen LogP contribution in [0.5, 0.6) is 5.88 Å². The van der Waals surface area contributed by atoms with E-state index < -0.39 is 0 Å². The number of nitrogens with zero attached hydrogens (tertiary/aromatic N) is 2. The summed E-state index contributed by atoms with van der Waals surface area (Å²) in [5.74, 6) is 1.10. The highest BCUT2D eigenvalue weighted by Gasteiger charge is 2.02. The van der Waals surface area contributed by atoms with Crippen molar-refractivity contribution in [2.75, 3.05) is 13.6 Å². The van der Waals surface area contributed by atoms with Gasteiger partial charge in [-0.15, -0.1) is 24.0 Å². The number of ether oxygens (including phenoxy) is 1. The first-order valence-corrected chi connectivity index (χ1v) is 8.37. The molecular weight excluding hydrogens is 446 g/mol. The number of aromatic nitrogens is 1. The number of halogens is 2. The van der Waals surface area contributed by atoms with E-state index in [1.807, 2.05) is 32.0 Å². The summed E-state index contributed by atoms with van der Waals surface area (Å²) < 4.78 is 18.7. The van der Waals surface area contributed by atoms with E-state index >= 15 is 0 Å². The monoisotopic (exact) mass is 472 g/mol. The molecule has 142 valence electrons. The highest BCUT2D eigenvalue weighted by molar-refractivity contribution is 14.0. The summed E-state index contributed by atoms with van der Waals surface area (Å²) >= 11 is 0. The number of nitrogens with one attached hydrogen (secondary N) is 2. The van der Waals surface area contributed by atoms with Crippen molar-refractivity contribution in [2.24, 2.45) is 4.99 Å². The van der Waals surface area contributed by atoms with E-state index in [0.29, 0.717) is 24.9 Å². The van der Waals surface area contributed by atoms with Crippen LogP contribution in [0, 0.1) is 5.82 Å². The quantitative estimate of drug-likeness (QED) is 0.368. The van der Waals surface area contributed by atoms with Gasteiger partial charge in [-0.25, -0.2) is 9.37 Å². The summed E-state index contributed by atoms with van der Waals surface area (Å²) in [6, 6.07) is 10.5. The molecule has 7 heteroatoms. The van der Waals surface area contributed by atoms with Crippen LogP contribution in [-0.2, 0) is 13.0 Å². The number of hydrogen-bond acceptors (Lipinski definition) is 3. The Bertz CT molecular complexity index is 692. The lowest BCUT2D eigenvalue weighted by Gasteiger charge is -2.12. The van der Waals surface area contributed by atoms with E-state index in [4.69, 9.17) is 4.74 Å². The van der Waals surface area contributed by atoms with Gasteiger partial charge >= 0.3 is 0 Å². The van der Waals surface area contributed by atoms with Crippen molar-refractivity contribution in [3.05, 3.63) is 59.5 Å². The predicted molar refractivity (Wildman–Crippen MR) is 114 cm³/mol. The molecule has 1 aromatic carbocycles. The Morgan fingerprint density at radius 2 is 2.00 bits per heavy atom. The van der Waals surface area contributed by atoms with Crippen LogP contribution in [-0.4, -0.2) is 30.6 Å². The third kappa shape index (κ3) is 7.99. The largest absolute Gasteiger partial charge is 0.475 e. The molecule has 0 radical (unpaired) electrons. The SMILES string of the molecule is CN=C(NCCc1cccc(F)c1)NCc1ccc(OC(C)C)nc1.I. The van der Waals surface area contributed by atoms with Crippen molar-refractivity contribution in [2.45, 2.75) is 32.9 Å². The van der Waals surface area contributed by atoms with Crippen LogP contribution in [0.25, 0.3) is 0 Å². The van der Waals surface area contributed by atoms with E-state index in [2.05, 4.69) is 20.6 Å². The molecule has 1 aromatic heterocycles. The third-order valence-electron chi connectivity index (χ3n) is 3.43. The van der Waals surface area contributed by atoms with Crippen molar-refractivity contribution in [3.8, 4) is 5.88 Å². The van der Waals surface area contributed by atoms with Crippen LogP contribution < -0.4 is 15.4 Å². The summed E-state index contributed by atoms with van der Waals surface area (Å²) in [6.45, 7) is 5.21. The molecule has 0 aliphatic carbocycles. The Morgan fingerprint density at radius 1 is 1.19 bits per heavy atom. The van der Waals surface area contributed by atoms with Crippen molar-refractivity contribution >= 4 is 29.9 Å². The van der Waals surface area contributed by atoms with Gasteiger partial charge in [-0.2, -0.15) is 0 Å². The minimum Gasteiger partial charge on any atom is -0.475 e. The van der Waals surface area contributed by atoms with Gasteiger partial charge in [0.15, 0.2) is 5.96 Å². The first kappa shape index (κ1) is 22.1. The van der Waals surface area contributed by atoms with E-state index in [9.17, 15) is 4.39 Å². The van der Waals surface area contributed by atoms with Gasteiger partial charge in [-0.3, -0.25) is 4.99 Å². The molecule has 0 unspecified atom stereocenters. The first-order valence-electron chi connectivity index (χ1n) is 8.37. The fourth-order valence-corrected chi connectivity index (χ4v) is 2.25. The minimum absolute atomic E-state index is 0. The zero-order valence-corrected chi connectivity index (χ0v) is 17.7. The smallest absolute Gasteiger partial charge is 0.213 e. The van der Waals surface area contributed by atoms with E-state index in [1.54, 1.807) is 25.4 Å². The van der Waals surface area contributed by atoms with Gasteiger partial charge in [0.05, 0.1) is 6.10 Å². The molecular formula is C19H26FIN4O. The highest BCUT2D eigenvalue weighted by atomic mass is 127. The molecule has 0 bridgehead atoms. The predicted octanol–water partition coefficient (Wildman–Crippen LogP) is 3.53. The Morgan fingerprint density at radius 3 is 2.62 bits per heavy atom. The number of guanidine groups is 1. The Balaban J connectivity index is 0.00000338. The number of rotatable bonds is 7. The molecule has 0 aliphatic rings. The van der Waals surface area contributed by atoms with E-state index in [-0.39, 0.29) is 35.9 Å². The van der Waals surface area contributed by atoms with Crippen LogP contribution >= 0.6 is 24.0 Å². The van der Waals surface area contributed by atoms with Crippen molar-refractivity contribution < 1.29 is 9.13 Å². The zero-order chi connectivity index (χ0) is 18.1. The minimum atomic E-state index is -0.211. The van der Waals surface area contributed by atoms with Crippen LogP contribution in [0.1, 0.15) is 25.0 Å². The highest BCUT2D eigenvalue weighted by Crippen LogP contribution is 2.09. The molecule has 0 spiro atoms. The molecule has 0 saturated carbocycles. The maximum atomic E-state index is 13.2. The van der Waals surface area contributed by atoms with Crippen LogP contribution in [0.15, 0.2) is 47.6 Å². The van der Waals surface area contributed by atoms with Gasteiger partial charge in [0.1, 0.15) is 5.82 Å². The molecule has 2 N–H and O–H groups in total. The van der Waals surface area contributed by atoms with Crippen molar-refractivity contribution in [1.29, 1.82) is 0 Å². The Hall–Kier alpha value is -1.90. The summed E-state index contributed by atoms with van der Waals surface area (Å²) in [5, 5.41) is 6.44. The average Bonchev–Trinajstić information content (AvgIpc) is 2.59. The molecule has 2 rings (SSSR count). The molecule has 2 aromatic rings. The molecule has 0 fully saturated rings. The molecule has 0 atom stereocenters. The van der Waals surface area contributed by atoms with Crippen molar-refractivity contribution in [1.82, 2.24) is 15.6 Å². The molecule has 0 amide bonds. The Labute approximate surface area is 171 Å². The lowest BCUT2D eigenvalue weighted by Crippen LogP contribution is -2.37. The average molecular weight is 472 g/mol. The van der Waals surface area contributed by atoms with Gasteiger partial charge < -0.3 is 15.4 Å². The summed E-state index contributed by atoms with van der Waals surface area (Å²) in [4.78, 5) is 8.46. The molecule has 1 heterocycles. The van der Waals surface area contributed by atoms with Gasteiger partial charge in [0, 0.05) is 32.4 Å². The zero-order valence-electron chi connectivity index (χ0n) is 15.3. The number of aliphatic imine (C=N–C) groups is 1. The summed E-state index contributed by atoms with van der Waals surface area (Å²) in [6.07, 6.45) is 2.61. The standard InChI is InChI=1S/C19H25FN4O.HI/c1-14(2)25-18-8-7-16(12-23-18)13-24-19(21-3)22-10-9-15-5-4-6-17(20)11-15;/h4-8,11-12,14H,9-10,13H2,1-3H3,(H2,21,22,24);1H. The van der Waals surface area contributed by atoms with E-state index in [0.717, 1.165) is 17.5 Å². The van der Waals surface area contributed by atoms with Gasteiger partial charge in [-0.1, -0.05) is 18.2 Å². The molecule has 26 heavy (non-hydrogen) atoms. The molecule has 0 aliphatic heterocycles. The second kappa shape index (κ2) is 11.7. The molecule has 5 nitrogen and oxygen atoms in total. The normalized spacial score (nSPS) is 11.0. The topological polar surface area (TPSA) is 58.5 Å². The number of hydrogen-bond donors (Lipinski definition) is 2. The maximum absolute atomic E-state index is 13.2. The third-order valence-corrected chi connectivity index (χ3v) is 3.43. The lowest BCUT2D eigenvalue weighted by atomic mass is 10.1. The molecule has 0 saturated heterocycles. The maximum Gasteiger partial charge on any atom is 0.213 e. The lowest BCUT2D eigenvalue weighted by molar-refractivity contribution is 0.232. The van der Waals surface area contributed by atoms with Gasteiger partial charge in [0.2, 0.25) is 5.88 Å². The van der Waals surface area contributed by atoms with Gasteiger partial charge in [0.25, 0.3) is 0 Å². The number of pyridine rings is 1. The van der Waals surface area contributed by atoms with Crippen molar-refractivity contribution in [3.63, 3.8) is 0 Å². The van der Waals surface area contributed by atoms with E-state index in [1.165, 1.54) is 6.07 Å². The second-order valence-electron chi connectivity index (χ2n) is 5.90. The number of benzene rings is 1. The van der Waals surface area contributed by atoms with Gasteiger partial charge in [-0.05, 0) is 43.5 Å². The summed E-state index contributed by atoms with van der Waals surface area (Å²) in [7, 11) is 1.72. The summed E-state index contributed by atoms with van der Waals surface area (Å²) in [5.41, 5.74) is 1.98. The Kier molecular flexibility index (Phi) is 9.93. The fraction of sp³-hybridized carbons (Fsp3) is 0.368. The van der Waals surface area contributed by atoms with Crippen LogP contribution in [0.3, 0.4) is 0 Å². The van der Waals surface area contributed by atoms with Crippen LogP contribution in [0.4, 0.5) is 4.39 Å².